The molecule has 0 aliphatic carbocycles. The maximum atomic E-state index is 11.8. The van der Waals surface area contributed by atoms with E-state index in [-0.39, 0.29) is 5.75 Å². The molecule has 0 saturated carbocycles. The van der Waals surface area contributed by atoms with Gasteiger partial charge in [0.1, 0.15) is 11.8 Å². The Kier molecular flexibility index (Phi) is 5.51. The van der Waals surface area contributed by atoms with Crippen LogP contribution in [0.15, 0.2) is 24.3 Å². The Bertz CT molecular complexity index is 436. The lowest BCUT2D eigenvalue weighted by molar-refractivity contribution is -0.138. The maximum Gasteiger partial charge on any atom is 0.327 e. The molecule has 2 N–H and O–H groups in total. The summed E-state index contributed by atoms with van der Waals surface area (Å²) in [5.41, 5.74) is 0.356. The lowest BCUT2D eigenvalue weighted by Gasteiger charge is -2.12. The summed E-state index contributed by atoms with van der Waals surface area (Å²) in [7, 11) is 0. The number of carbonyl (C=O) groups is 2. The molecule has 0 radical (unpaired) electrons. The number of rotatable bonds is 6. The highest BCUT2D eigenvalue weighted by Gasteiger charge is 2.19. The lowest BCUT2D eigenvalue weighted by Crippen LogP contribution is -2.42. The second-order valence-corrected chi connectivity index (χ2v) is 3.87. The quantitative estimate of drug-likeness (QED) is 0.678. The molecule has 6 heteroatoms. The van der Waals surface area contributed by atoms with Gasteiger partial charge in [-0.25, -0.2) is 4.79 Å². The molecule has 0 fully saturated rings. The van der Waals surface area contributed by atoms with Crippen LogP contribution in [0, 0.1) is 0 Å². The molecule has 1 aromatic carbocycles. The van der Waals surface area contributed by atoms with Crippen LogP contribution in [0.25, 0.3) is 0 Å². The fraction of sp³-hybridized carbons (Fsp3) is 0.333. The van der Waals surface area contributed by atoms with E-state index in [2.05, 4.69) is 17.9 Å². The van der Waals surface area contributed by atoms with Gasteiger partial charge in [-0.1, -0.05) is 6.07 Å². The van der Waals surface area contributed by atoms with Crippen molar-refractivity contribution >= 4 is 24.5 Å². The van der Waals surface area contributed by atoms with Crippen LogP contribution in [0.2, 0.25) is 0 Å². The van der Waals surface area contributed by atoms with E-state index in [0.29, 0.717) is 17.9 Å². The molecule has 0 heterocycles. The average Bonchev–Trinajstić information content (AvgIpc) is 2.36. The van der Waals surface area contributed by atoms with Crippen LogP contribution < -0.4 is 10.1 Å². The molecule has 5 nitrogen and oxygen atoms in total. The first kappa shape index (κ1) is 14.4. The van der Waals surface area contributed by atoms with Crippen LogP contribution in [-0.4, -0.2) is 35.4 Å². The molecule has 98 valence electrons. The molecule has 0 aliphatic rings. The van der Waals surface area contributed by atoms with E-state index in [1.807, 2.05) is 6.92 Å². The monoisotopic (exact) mass is 269 g/mol. The van der Waals surface area contributed by atoms with E-state index < -0.39 is 17.9 Å². The average molecular weight is 269 g/mol. The molecule has 0 aliphatic heterocycles. The van der Waals surface area contributed by atoms with Gasteiger partial charge in [-0.15, -0.1) is 0 Å². The molecule has 1 unspecified atom stereocenters. The molecule has 1 atom stereocenters. The highest BCUT2D eigenvalue weighted by atomic mass is 32.1. The summed E-state index contributed by atoms with van der Waals surface area (Å²) in [6.07, 6.45) is 0. The number of carboxylic acids is 1. The summed E-state index contributed by atoms with van der Waals surface area (Å²) in [6.45, 7) is 2.34. The van der Waals surface area contributed by atoms with Gasteiger partial charge in [-0.3, -0.25) is 4.79 Å². The van der Waals surface area contributed by atoms with Crippen molar-refractivity contribution in [1.29, 1.82) is 0 Å². The van der Waals surface area contributed by atoms with E-state index in [4.69, 9.17) is 9.84 Å². The number of benzene rings is 1. The Balaban J connectivity index is 2.77. The van der Waals surface area contributed by atoms with Gasteiger partial charge in [-0.05, 0) is 25.1 Å². The topological polar surface area (TPSA) is 75.6 Å². The van der Waals surface area contributed by atoms with Crippen molar-refractivity contribution in [2.45, 2.75) is 13.0 Å². The molecule has 1 amide bonds. The van der Waals surface area contributed by atoms with Crippen LogP contribution in [0.5, 0.6) is 5.75 Å². The van der Waals surface area contributed by atoms with Crippen molar-refractivity contribution in [3.8, 4) is 5.75 Å². The zero-order valence-electron chi connectivity index (χ0n) is 9.92. The Labute approximate surface area is 111 Å². The van der Waals surface area contributed by atoms with Crippen LogP contribution in [0.4, 0.5) is 0 Å². The van der Waals surface area contributed by atoms with E-state index in [1.165, 1.54) is 0 Å². The van der Waals surface area contributed by atoms with Crippen molar-refractivity contribution in [3.05, 3.63) is 29.8 Å². The third-order valence-corrected chi connectivity index (χ3v) is 2.56. The van der Waals surface area contributed by atoms with E-state index in [1.54, 1.807) is 24.3 Å². The van der Waals surface area contributed by atoms with Crippen LogP contribution in [0.3, 0.4) is 0 Å². The first-order chi connectivity index (χ1) is 8.58. The van der Waals surface area contributed by atoms with Crippen LogP contribution in [0.1, 0.15) is 17.3 Å². The second kappa shape index (κ2) is 6.90. The minimum atomic E-state index is -1.11. The molecule has 0 bridgehead atoms. The van der Waals surface area contributed by atoms with Crippen molar-refractivity contribution in [3.63, 3.8) is 0 Å². The Hall–Kier alpha value is -1.69. The molecule has 0 spiro atoms. The van der Waals surface area contributed by atoms with Gasteiger partial charge in [0.15, 0.2) is 0 Å². The Morgan fingerprint density at radius 1 is 1.50 bits per heavy atom. The van der Waals surface area contributed by atoms with E-state index >= 15 is 0 Å². The number of hydrogen-bond acceptors (Lipinski definition) is 4. The predicted molar refractivity (Wildman–Crippen MR) is 70.4 cm³/mol. The van der Waals surface area contributed by atoms with Crippen molar-refractivity contribution in [2.24, 2.45) is 0 Å². The van der Waals surface area contributed by atoms with Gasteiger partial charge in [0.05, 0.1) is 6.61 Å². The normalized spacial score (nSPS) is 11.7. The smallest absolute Gasteiger partial charge is 0.327 e. The minimum absolute atomic E-state index is 0.0340. The summed E-state index contributed by atoms with van der Waals surface area (Å²) in [5, 5.41) is 11.2. The van der Waals surface area contributed by atoms with Gasteiger partial charge in [0.2, 0.25) is 0 Å². The fourth-order valence-corrected chi connectivity index (χ4v) is 1.57. The largest absolute Gasteiger partial charge is 0.494 e. The number of thiol groups is 1. The summed E-state index contributed by atoms with van der Waals surface area (Å²) in [6, 6.07) is 5.56. The maximum absolute atomic E-state index is 11.8. The summed E-state index contributed by atoms with van der Waals surface area (Å²) in [4.78, 5) is 22.6. The molecule has 0 aromatic heterocycles. The first-order valence-corrected chi connectivity index (χ1v) is 6.09. The zero-order valence-corrected chi connectivity index (χ0v) is 10.8. The van der Waals surface area contributed by atoms with Gasteiger partial charge in [-0.2, -0.15) is 12.6 Å². The van der Waals surface area contributed by atoms with Crippen molar-refractivity contribution < 1.29 is 19.4 Å². The van der Waals surface area contributed by atoms with Gasteiger partial charge >= 0.3 is 5.97 Å². The SMILES string of the molecule is CCOc1cccc(C(=O)NC(CS)C(=O)O)c1. The highest BCUT2D eigenvalue weighted by Crippen LogP contribution is 2.13. The van der Waals surface area contributed by atoms with Crippen LogP contribution in [-0.2, 0) is 4.79 Å². The predicted octanol–water partition coefficient (Wildman–Crippen LogP) is 1.20. The van der Waals surface area contributed by atoms with Gasteiger partial charge < -0.3 is 15.2 Å². The number of carbonyl (C=O) groups excluding carboxylic acids is 1. The van der Waals surface area contributed by atoms with Gasteiger partial charge in [0.25, 0.3) is 5.91 Å². The van der Waals surface area contributed by atoms with Crippen molar-refractivity contribution in [2.75, 3.05) is 12.4 Å². The second-order valence-electron chi connectivity index (χ2n) is 3.51. The highest BCUT2D eigenvalue weighted by molar-refractivity contribution is 7.80. The Morgan fingerprint density at radius 3 is 2.78 bits per heavy atom. The summed E-state index contributed by atoms with van der Waals surface area (Å²) in [5.74, 6) is -0.966. The number of hydrogen-bond donors (Lipinski definition) is 3. The third-order valence-electron chi connectivity index (χ3n) is 2.19. The van der Waals surface area contributed by atoms with Crippen molar-refractivity contribution in [1.82, 2.24) is 5.32 Å². The number of nitrogens with one attached hydrogen (secondary N) is 1. The minimum Gasteiger partial charge on any atom is -0.494 e. The zero-order chi connectivity index (χ0) is 13.5. The number of aliphatic carboxylic acids is 1. The van der Waals surface area contributed by atoms with Gasteiger partial charge in [0, 0.05) is 11.3 Å². The molecule has 0 saturated heterocycles. The third kappa shape index (κ3) is 3.96. The number of amides is 1. The molecule has 1 rings (SSSR count). The molecular formula is C12H15NO4S. The summed E-state index contributed by atoms with van der Waals surface area (Å²) >= 11 is 3.88. The molecular weight excluding hydrogens is 254 g/mol. The fourth-order valence-electron chi connectivity index (χ4n) is 1.32. The Morgan fingerprint density at radius 2 is 2.22 bits per heavy atom. The van der Waals surface area contributed by atoms with E-state index in [9.17, 15) is 9.59 Å². The van der Waals surface area contributed by atoms with Crippen LogP contribution >= 0.6 is 12.6 Å². The first-order valence-electron chi connectivity index (χ1n) is 5.45. The number of ether oxygens (including phenoxy) is 1. The lowest BCUT2D eigenvalue weighted by atomic mass is 10.2. The molecule has 18 heavy (non-hydrogen) atoms. The standard InChI is InChI=1S/C12H15NO4S/c1-2-17-9-5-3-4-8(6-9)11(14)13-10(7-18)12(15)16/h3-6,10,18H,2,7H2,1H3,(H,13,14)(H,15,16). The van der Waals surface area contributed by atoms with E-state index in [0.717, 1.165) is 0 Å². The molecule has 1 aromatic rings. The summed E-state index contributed by atoms with van der Waals surface area (Å²) < 4.78 is 5.26. The number of carboxylic acid groups (broad SMARTS) is 1.